The number of nitrogens with one attached hydrogen (secondary N) is 1. The van der Waals surface area contributed by atoms with Crippen LogP contribution < -0.4 is 10.1 Å². The van der Waals surface area contributed by atoms with Crippen molar-refractivity contribution in [2.24, 2.45) is 0 Å². The molecule has 0 spiro atoms. The number of amides is 1. The summed E-state index contributed by atoms with van der Waals surface area (Å²) in [5, 5.41) is 2.94. The van der Waals surface area contributed by atoms with Crippen LogP contribution in [0.4, 0.5) is 5.69 Å². The number of hydrogen-bond acceptors (Lipinski definition) is 3. The fourth-order valence-corrected chi connectivity index (χ4v) is 2.64. The first-order valence-electron chi connectivity index (χ1n) is 7.94. The normalized spacial score (nSPS) is 17.0. The van der Waals surface area contributed by atoms with Crippen molar-refractivity contribution in [1.29, 1.82) is 0 Å². The van der Waals surface area contributed by atoms with Crippen molar-refractivity contribution < 1.29 is 14.3 Å². The Labute approximate surface area is 136 Å². The van der Waals surface area contributed by atoms with Crippen molar-refractivity contribution in [2.75, 3.05) is 18.5 Å². The number of aryl methyl sites for hydroxylation is 1. The van der Waals surface area contributed by atoms with Crippen LogP contribution in [0, 0.1) is 6.92 Å². The number of rotatable bonds is 5. The van der Waals surface area contributed by atoms with Crippen molar-refractivity contribution in [1.82, 2.24) is 0 Å². The van der Waals surface area contributed by atoms with Crippen LogP contribution in [-0.4, -0.2) is 25.2 Å². The third kappa shape index (κ3) is 3.90. The van der Waals surface area contributed by atoms with Crippen molar-refractivity contribution in [2.45, 2.75) is 25.9 Å². The molecule has 120 valence electrons. The Morgan fingerprint density at radius 2 is 2.00 bits per heavy atom. The second kappa shape index (κ2) is 7.29. The molecule has 1 aliphatic heterocycles. The summed E-state index contributed by atoms with van der Waals surface area (Å²) in [5.74, 6) is 0.427. The summed E-state index contributed by atoms with van der Waals surface area (Å²) in [6.45, 7) is 3.24. The largest absolute Gasteiger partial charge is 0.490 e. The molecule has 0 bridgehead atoms. The molecule has 1 heterocycles. The third-order valence-electron chi connectivity index (χ3n) is 3.97. The lowest BCUT2D eigenvalue weighted by atomic mass is 10.1. The van der Waals surface area contributed by atoms with E-state index in [-0.39, 0.29) is 12.0 Å². The minimum atomic E-state index is -0.165. The average molecular weight is 311 g/mol. The van der Waals surface area contributed by atoms with Crippen LogP contribution in [0.2, 0.25) is 0 Å². The van der Waals surface area contributed by atoms with Gasteiger partial charge in [0, 0.05) is 12.3 Å². The van der Waals surface area contributed by atoms with Gasteiger partial charge in [0.1, 0.15) is 12.4 Å². The van der Waals surface area contributed by atoms with Crippen molar-refractivity contribution in [3.05, 3.63) is 59.7 Å². The van der Waals surface area contributed by atoms with E-state index in [9.17, 15) is 4.79 Å². The SMILES string of the molecule is Cc1ccccc1NC(=O)c1ccccc1OCC1CCCO1. The van der Waals surface area contributed by atoms with Gasteiger partial charge in [0.25, 0.3) is 5.91 Å². The minimum absolute atomic E-state index is 0.127. The van der Waals surface area contributed by atoms with Crippen LogP contribution in [-0.2, 0) is 4.74 Å². The second-order valence-electron chi connectivity index (χ2n) is 5.71. The molecule has 1 unspecified atom stereocenters. The first-order valence-corrected chi connectivity index (χ1v) is 7.94. The topological polar surface area (TPSA) is 47.6 Å². The van der Waals surface area contributed by atoms with Crippen LogP contribution in [0.5, 0.6) is 5.75 Å². The fourth-order valence-electron chi connectivity index (χ4n) is 2.64. The van der Waals surface area contributed by atoms with Gasteiger partial charge in [-0.2, -0.15) is 0 Å². The van der Waals surface area contributed by atoms with Gasteiger partial charge in [-0.1, -0.05) is 30.3 Å². The van der Waals surface area contributed by atoms with Gasteiger partial charge >= 0.3 is 0 Å². The number of carbonyl (C=O) groups is 1. The number of para-hydroxylation sites is 2. The number of benzene rings is 2. The molecule has 0 aromatic heterocycles. The summed E-state index contributed by atoms with van der Waals surface area (Å²) in [6.07, 6.45) is 2.21. The Bertz CT molecular complexity index is 678. The van der Waals surface area contributed by atoms with Crippen LogP contribution in [0.25, 0.3) is 0 Å². The lowest BCUT2D eigenvalue weighted by Gasteiger charge is -2.15. The molecule has 4 heteroatoms. The molecule has 0 saturated carbocycles. The maximum absolute atomic E-state index is 12.6. The number of anilines is 1. The van der Waals surface area contributed by atoms with E-state index in [4.69, 9.17) is 9.47 Å². The van der Waals surface area contributed by atoms with E-state index in [0.29, 0.717) is 17.9 Å². The quantitative estimate of drug-likeness (QED) is 0.913. The van der Waals surface area contributed by atoms with Crippen LogP contribution >= 0.6 is 0 Å². The summed E-state index contributed by atoms with van der Waals surface area (Å²) in [6, 6.07) is 15.0. The molecule has 3 rings (SSSR count). The molecule has 0 radical (unpaired) electrons. The van der Waals surface area contributed by atoms with Crippen molar-refractivity contribution in [3.63, 3.8) is 0 Å². The minimum Gasteiger partial charge on any atom is -0.490 e. The molecule has 23 heavy (non-hydrogen) atoms. The van der Waals surface area contributed by atoms with Gasteiger partial charge in [0.2, 0.25) is 0 Å². The summed E-state index contributed by atoms with van der Waals surface area (Å²) in [5.41, 5.74) is 2.37. The standard InChI is InChI=1S/C19H21NO3/c1-14-7-2-4-10-17(14)20-19(21)16-9-3-5-11-18(16)23-13-15-8-6-12-22-15/h2-5,7,9-11,15H,6,8,12-13H2,1H3,(H,20,21). The monoisotopic (exact) mass is 311 g/mol. The molecule has 1 N–H and O–H groups in total. The highest BCUT2D eigenvalue weighted by molar-refractivity contribution is 6.06. The molecule has 1 aliphatic rings. The Hall–Kier alpha value is -2.33. The van der Waals surface area contributed by atoms with E-state index >= 15 is 0 Å². The molecule has 1 fully saturated rings. The highest BCUT2D eigenvalue weighted by atomic mass is 16.5. The van der Waals surface area contributed by atoms with Crippen LogP contribution in [0.3, 0.4) is 0 Å². The second-order valence-corrected chi connectivity index (χ2v) is 5.71. The lowest BCUT2D eigenvalue weighted by molar-refractivity contribution is 0.0673. The van der Waals surface area contributed by atoms with Crippen LogP contribution in [0.1, 0.15) is 28.8 Å². The number of ether oxygens (including phenoxy) is 2. The maximum atomic E-state index is 12.6. The molecule has 1 atom stereocenters. The average Bonchev–Trinajstić information content (AvgIpc) is 3.09. The first kappa shape index (κ1) is 15.6. The fraction of sp³-hybridized carbons (Fsp3) is 0.316. The zero-order valence-electron chi connectivity index (χ0n) is 13.2. The molecule has 2 aromatic carbocycles. The molecule has 2 aromatic rings. The predicted molar refractivity (Wildman–Crippen MR) is 90.0 cm³/mol. The van der Waals surface area contributed by atoms with E-state index in [1.165, 1.54) is 0 Å². The van der Waals surface area contributed by atoms with Gasteiger partial charge < -0.3 is 14.8 Å². The first-order chi connectivity index (χ1) is 11.2. The Morgan fingerprint density at radius 1 is 1.22 bits per heavy atom. The van der Waals surface area contributed by atoms with E-state index in [1.54, 1.807) is 6.07 Å². The van der Waals surface area contributed by atoms with E-state index in [0.717, 1.165) is 30.7 Å². The smallest absolute Gasteiger partial charge is 0.259 e. The predicted octanol–water partition coefficient (Wildman–Crippen LogP) is 3.81. The van der Waals surface area contributed by atoms with E-state index in [2.05, 4.69) is 5.32 Å². The number of carbonyl (C=O) groups excluding carboxylic acids is 1. The third-order valence-corrected chi connectivity index (χ3v) is 3.97. The van der Waals surface area contributed by atoms with Gasteiger partial charge in [-0.05, 0) is 43.5 Å². The summed E-state index contributed by atoms with van der Waals surface area (Å²) < 4.78 is 11.4. The van der Waals surface area contributed by atoms with Crippen LogP contribution in [0.15, 0.2) is 48.5 Å². The van der Waals surface area contributed by atoms with Gasteiger partial charge in [0.15, 0.2) is 0 Å². The van der Waals surface area contributed by atoms with Gasteiger partial charge in [-0.25, -0.2) is 0 Å². The molecule has 0 aliphatic carbocycles. The maximum Gasteiger partial charge on any atom is 0.259 e. The Kier molecular flexibility index (Phi) is 4.93. The summed E-state index contributed by atoms with van der Waals surface area (Å²) in [4.78, 5) is 12.6. The van der Waals surface area contributed by atoms with Gasteiger partial charge in [0.05, 0.1) is 11.7 Å². The van der Waals surface area contributed by atoms with Crippen molar-refractivity contribution in [3.8, 4) is 5.75 Å². The molecule has 1 saturated heterocycles. The summed E-state index contributed by atoms with van der Waals surface area (Å²) >= 11 is 0. The van der Waals surface area contributed by atoms with E-state index < -0.39 is 0 Å². The Morgan fingerprint density at radius 3 is 2.78 bits per heavy atom. The van der Waals surface area contributed by atoms with Gasteiger partial charge in [-0.3, -0.25) is 4.79 Å². The van der Waals surface area contributed by atoms with Gasteiger partial charge in [-0.15, -0.1) is 0 Å². The van der Waals surface area contributed by atoms with Crippen molar-refractivity contribution >= 4 is 11.6 Å². The zero-order valence-corrected chi connectivity index (χ0v) is 13.2. The molecular weight excluding hydrogens is 290 g/mol. The molecular formula is C19H21NO3. The van der Waals surface area contributed by atoms with E-state index in [1.807, 2.05) is 49.4 Å². The number of hydrogen-bond donors (Lipinski definition) is 1. The molecule has 4 nitrogen and oxygen atoms in total. The highest BCUT2D eigenvalue weighted by Crippen LogP contribution is 2.22. The lowest BCUT2D eigenvalue weighted by Crippen LogP contribution is -2.19. The molecule has 1 amide bonds. The highest BCUT2D eigenvalue weighted by Gasteiger charge is 2.18. The Balaban J connectivity index is 1.71. The zero-order chi connectivity index (χ0) is 16.1. The summed E-state index contributed by atoms with van der Waals surface area (Å²) in [7, 11) is 0.